The molecule has 2 aromatic carbocycles. The minimum Gasteiger partial charge on any atom is -0.398 e. The molecule has 0 radical (unpaired) electrons. The molecule has 0 fully saturated rings. The van der Waals surface area contributed by atoms with Crippen LogP contribution in [-0.4, -0.2) is 20.2 Å². The SMILES string of the molecule is Cc1c(N)cccc1-c1nnnn1-c1cccc(Br)c1C. The van der Waals surface area contributed by atoms with Crippen LogP contribution in [0.1, 0.15) is 11.1 Å². The van der Waals surface area contributed by atoms with Crippen molar-refractivity contribution in [2.75, 3.05) is 5.73 Å². The Morgan fingerprint density at radius 3 is 2.62 bits per heavy atom. The summed E-state index contributed by atoms with van der Waals surface area (Å²) in [5, 5.41) is 12.1. The molecule has 0 saturated carbocycles. The van der Waals surface area contributed by atoms with Gasteiger partial charge in [-0.25, -0.2) is 0 Å². The van der Waals surface area contributed by atoms with E-state index in [9.17, 15) is 0 Å². The maximum atomic E-state index is 5.98. The standard InChI is InChI=1S/C15H14BrN5/c1-9-11(5-3-7-13(9)17)15-18-19-20-21(15)14-8-4-6-12(16)10(14)2/h3-8H,17H2,1-2H3. The zero-order chi connectivity index (χ0) is 15.0. The Hall–Kier alpha value is -2.21. The minimum atomic E-state index is 0.681. The number of hydrogen-bond donors (Lipinski definition) is 1. The molecule has 3 rings (SSSR count). The predicted octanol–water partition coefficient (Wildman–Crippen LogP) is 3.29. The maximum Gasteiger partial charge on any atom is 0.187 e. The first-order valence-corrected chi connectivity index (χ1v) is 7.28. The number of aromatic nitrogens is 4. The minimum absolute atomic E-state index is 0.681. The Balaban J connectivity index is 2.22. The second-order valence-corrected chi connectivity index (χ2v) is 5.67. The highest BCUT2D eigenvalue weighted by molar-refractivity contribution is 9.10. The van der Waals surface area contributed by atoms with Crippen molar-refractivity contribution in [3.63, 3.8) is 0 Å². The molecule has 1 heterocycles. The maximum absolute atomic E-state index is 5.98. The number of nitrogens with zero attached hydrogens (tertiary/aromatic N) is 4. The smallest absolute Gasteiger partial charge is 0.187 e. The first-order valence-electron chi connectivity index (χ1n) is 6.49. The Kier molecular flexibility index (Phi) is 3.47. The molecule has 1 aromatic heterocycles. The topological polar surface area (TPSA) is 69.6 Å². The fourth-order valence-corrected chi connectivity index (χ4v) is 2.59. The lowest BCUT2D eigenvalue weighted by Crippen LogP contribution is -2.04. The molecule has 0 amide bonds. The fraction of sp³-hybridized carbons (Fsp3) is 0.133. The third-order valence-electron chi connectivity index (χ3n) is 3.55. The van der Waals surface area contributed by atoms with Crippen LogP contribution in [0, 0.1) is 13.8 Å². The lowest BCUT2D eigenvalue weighted by atomic mass is 10.1. The largest absolute Gasteiger partial charge is 0.398 e. The van der Waals surface area contributed by atoms with E-state index >= 15 is 0 Å². The normalized spacial score (nSPS) is 10.8. The monoisotopic (exact) mass is 343 g/mol. The van der Waals surface area contributed by atoms with Gasteiger partial charge in [0.15, 0.2) is 5.82 Å². The Morgan fingerprint density at radius 1 is 1.05 bits per heavy atom. The Bertz CT molecular complexity index is 744. The van der Waals surface area contributed by atoms with Gasteiger partial charge in [-0.15, -0.1) is 5.10 Å². The van der Waals surface area contributed by atoms with Gasteiger partial charge in [0.2, 0.25) is 0 Å². The van der Waals surface area contributed by atoms with Crippen LogP contribution in [0.25, 0.3) is 17.1 Å². The van der Waals surface area contributed by atoms with Crippen molar-refractivity contribution in [2.45, 2.75) is 13.8 Å². The van der Waals surface area contributed by atoms with E-state index in [0.717, 1.165) is 32.5 Å². The number of tetrazole rings is 1. The third kappa shape index (κ3) is 2.31. The van der Waals surface area contributed by atoms with Gasteiger partial charge in [0.05, 0.1) is 5.69 Å². The third-order valence-corrected chi connectivity index (χ3v) is 4.41. The first kappa shape index (κ1) is 13.8. The predicted molar refractivity (Wildman–Crippen MR) is 86.2 cm³/mol. The van der Waals surface area contributed by atoms with Crippen LogP contribution in [0.2, 0.25) is 0 Å². The lowest BCUT2D eigenvalue weighted by molar-refractivity contribution is 0.787. The van der Waals surface area contributed by atoms with Crippen LogP contribution in [0.5, 0.6) is 0 Å². The van der Waals surface area contributed by atoms with E-state index in [4.69, 9.17) is 5.73 Å². The summed E-state index contributed by atoms with van der Waals surface area (Å²) in [7, 11) is 0. The summed E-state index contributed by atoms with van der Waals surface area (Å²) >= 11 is 3.54. The number of hydrogen-bond acceptors (Lipinski definition) is 4. The number of rotatable bonds is 2. The number of benzene rings is 2. The highest BCUT2D eigenvalue weighted by Gasteiger charge is 2.15. The molecule has 0 bridgehead atoms. The molecule has 106 valence electrons. The van der Waals surface area contributed by atoms with Gasteiger partial charge < -0.3 is 5.73 Å². The van der Waals surface area contributed by atoms with E-state index in [1.165, 1.54) is 0 Å². The molecule has 0 aliphatic rings. The van der Waals surface area contributed by atoms with Crippen molar-refractivity contribution >= 4 is 21.6 Å². The number of nitrogens with two attached hydrogens (primary N) is 1. The van der Waals surface area contributed by atoms with Gasteiger partial charge in [0, 0.05) is 15.7 Å². The number of anilines is 1. The van der Waals surface area contributed by atoms with Crippen LogP contribution < -0.4 is 5.73 Å². The average Bonchev–Trinajstić information content (AvgIpc) is 2.94. The summed E-state index contributed by atoms with van der Waals surface area (Å²) < 4.78 is 2.76. The summed E-state index contributed by atoms with van der Waals surface area (Å²) in [6.07, 6.45) is 0. The van der Waals surface area contributed by atoms with Crippen molar-refractivity contribution < 1.29 is 0 Å². The second kappa shape index (κ2) is 5.29. The number of nitrogen functional groups attached to an aromatic ring is 1. The summed E-state index contributed by atoms with van der Waals surface area (Å²) in [6, 6.07) is 11.7. The molecule has 0 saturated heterocycles. The first-order chi connectivity index (χ1) is 10.1. The van der Waals surface area contributed by atoms with Gasteiger partial charge in [0.25, 0.3) is 0 Å². The van der Waals surface area contributed by atoms with E-state index in [1.54, 1.807) is 4.68 Å². The molecule has 2 N–H and O–H groups in total. The van der Waals surface area contributed by atoms with E-state index in [2.05, 4.69) is 31.5 Å². The molecule has 0 atom stereocenters. The van der Waals surface area contributed by atoms with Gasteiger partial charge in [-0.05, 0) is 53.6 Å². The molecule has 0 aliphatic heterocycles. The molecule has 0 aliphatic carbocycles. The van der Waals surface area contributed by atoms with Crippen LogP contribution >= 0.6 is 15.9 Å². The quantitative estimate of drug-likeness (QED) is 0.725. The van der Waals surface area contributed by atoms with Crippen LogP contribution in [-0.2, 0) is 0 Å². The van der Waals surface area contributed by atoms with E-state index in [-0.39, 0.29) is 0 Å². The van der Waals surface area contributed by atoms with E-state index in [1.807, 2.05) is 50.2 Å². The molecule has 0 spiro atoms. The number of halogens is 1. The van der Waals surface area contributed by atoms with Crippen molar-refractivity contribution in [3.8, 4) is 17.1 Å². The molecule has 0 unspecified atom stereocenters. The molecular formula is C15H14BrN5. The van der Waals surface area contributed by atoms with Gasteiger partial charge in [-0.1, -0.05) is 34.1 Å². The summed E-state index contributed by atoms with van der Waals surface area (Å²) in [5.74, 6) is 0.681. The van der Waals surface area contributed by atoms with Crippen molar-refractivity contribution in [2.24, 2.45) is 0 Å². The lowest BCUT2D eigenvalue weighted by Gasteiger charge is -2.11. The molecule has 6 heteroatoms. The van der Waals surface area contributed by atoms with Crippen LogP contribution in [0.4, 0.5) is 5.69 Å². The molecule has 5 nitrogen and oxygen atoms in total. The zero-order valence-electron chi connectivity index (χ0n) is 11.7. The van der Waals surface area contributed by atoms with Crippen molar-refractivity contribution in [1.82, 2.24) is 20.2 Å². The zero-order valence-corrected chi connectivity index (χ0v) is 13.3. The molecular weight excluding hydrogens is 330 g/mol. The Morgan fingerprint density at radius 2 is 1.81 bits per heavy atom. The summed E-state index contributed by atoms with van der Waals surface area (Å²) in [6.45, 7) is 3.99. The van der Waals surface area contributed by atoms with Gasteiger partial charge in [0.1, 0.15) is 0 Å². The van der Waals surface area contributed by atoms with Gasteiger partial charge in [-0.3, -0.25) is 0 Å². The van der Waals surface area contributed by atoms with E-state index < -0.39 is 0 Å². The summed E-state index contributed by atoms with van der Waals surface area (Å²) in [4.78, 5) is 0. The molecule has 3 aromatic rings. The summed E-state index contributed by atoms with van der Waals surface area (Å²) in [5.41, 5.74) is 10.6. The molecule has 21 heavy (non-hydrogen) atoms. The fourth-order valence-electron chi connectivity index (χ4n) is 2.24. The van der Waals surface area contributed by atoms with Crippen LogP contribution in [0.3, 0.4) is 0 Å². The van der Waals surface area contributed by atoms with Crippen molar-refractivity contribution in [1.29, 1.82) is 0 Å². The van der Waals surface area contributed by atoms with Gasteiger partial charge in [-0.2, -0.15) is 4.68 Å². The highest BCUT2D eigenvalue weighted by Crippen LogP contribution is 2.29. The van der Waals surface area contributed by atoms with E-state index in [0.29, 0.717) is 5.82 Å². The highest BCUT2D eigenvalue weighted by atomic mass is 79.9. The van der Waals surface area contributed by atoms with Gasteiger partial charge >= 0.3 is 0 Å². The Labute approximate surface area is 130 Å². The van der Waals surface area contributed by atoms with Crippen molar-refractivity contribution in [3.05, 3.63) is 52.0 Å². The second-order valence-electron chi connectivity index (χ2n) is 4.82. The average molecular weight is 344 g/mol. The van der Waals surface area contributed by atoms with Crippen LogP contribution in [0.15, 0.2) is 40.9 Å².